The zero-order valence-corrected chi connectivity index (χ0v) is 43.0. The number of aliphatic hydroxyl groups excluding tert-OH is 1. The molecule has 2 aliphatic carbocycles. The van der Waals surface area contributed by atoms with Crippen LogP contribution in [0.2, 0.25) is 0 Å². The van der Waals surface area contributed by atoms with Gasteiger partial charge in [-0.25, -0.2) is 9.97 Å². The molecule has 0 bridgehead atoms. The number of rotatable bonds is 14. The van der Waals surface area contributed by atoms with Crippen molar-refractivity contribution in [3.8, 4) is 35.1 Å². The quantitative estimate of drug-likeness (QED) is 0.109. The Balaban J connectivity index is 0.716. The molecule has 5 fully saturated rings. The lowest BCUT2D eigenvalue weighted by Crippen LogP contribution is -2.59. The number of hydrogen-bond acceptors (Lipinski definition) is 15. The van der Waals surface area contributed by atoms with E-state index in [0.717, 1.165) is 126 Å². The van der Waals surface area contributed by atoms with Crippen molar-refractivity contribution in [2.75, 3.05) is 92.6 Å². The average molecular weight is 997 g/mol. The fraction of sp³-hybridized carbons (Fsp3) is 0.545. The minimum atomic E-state index is -0.881. The van der Waals surface area contributed by atoms with E-state index in [0.29, 0.717) is 28.6 Å². The molecule has 4 aromatic rings. The first-order valence-electron chi connectivity index (χ1n) is 26.1. The highest BCUT2D eigenvalue weighted by atomic mass is 16.5. The number of amides is 3. The summed E-state index contributed by atoms with van der Waals surface area (Å²) in [6.45, 7) is 15.5. The molecule has 3 saturated heterocycles. The number of anilines is 4. The molecule has 5 heterocycles. The van der Waals surface area contributed by atoms with Crippen LogP contribution < -0.4 is 35.4 Å². The van der Waals surface area contributed by atoms with Crippen LogP contribution in [0.15, 0.2) is 60.9 Å². The third-order valence-corrected chi connectivity index (χ3v) is 15.9. The molecule has 18 nitrogen and oxygen atoms in total. The Morgan fingerprint density at radius 3 is 2.25 bits per heavy atom. The summed E-state index contributed by atoms with van der Waals surface area (Å²) in [4.78, 5) is 62.5. The number of methoxy groups -OCH3 is 1. The molecule has 3 atom stereocenters. The van der Waals surface area contributed by atoms with Gasteiger partial charge in [0.25, 0.3) is 0 Å². The van der Waals surface area contributed by atoms with Crippen molar-refractivity contribution >= 4 is 40.9 Å². The second-order valence-electron chi connectivity index (χ2n) is 21.7. The van der Waals surface area contributed by atoms with Gasteiger partial charge in [0.05, 0.1) is 42.7 Å². The van der Waals surface area contributed by atoms with Crippen molar-refractivity contribution in [1.82, 2.24) is 40.6 Å². The average Bonchev–Trinajstić information content (AvgIpc) is 3.80. The minimum Gasteiger partial charge on any atom is -0.507 e. The van der Waals surface area contributed by atoms with Crippen LogP contribution >= 0.6 is 0 Å². The number of hydrogen-bond donors (Lipinski definition) is 5. The SMILES string of the molecule is C#Cc1ccc(CNC(=O)[C@@H]2C[C@@H](O)CN2C(=O)[C@@H](NC(=O)C2CCC3(CC2)CC(N2CCN(c4cnc(N5CCN(c6cc(-c7ccccc7O)nnc6NCC)CC5)nc4)CC2)C3)C(C)(C)C)c(OC)c1. The fourth-order valence-electron chi connectivity index (χ4n) is 11.6. The Morgan fingerprint density at radius 1 is 0.904 bits per heavy atom. The summed E-state index contributed by atoms with van der Waals surface area (Å²) < 4.78 is 5.48. The monoisotopic (exact) mass is 997 g/mol. The largest absolute Gasteiger partial charge is 0.507 e. The van der Waals surface area contributed by atoms with E-state index in [9.17, 15) is 24.6 Å². The van der Waals surface area contributed by atoms with Gasteiger partial charge in [-0.1, -0.05) is 44.9 Å². The number of β-amino-alcohol motifs (C(OH)–C–C–N with tert-alkyl or cyclic N) is 1. The number of aromatic nitrogens is 4. The number of aliphatic hydroxyl groups is 1. The van der Waals surface area contributed by atoms with Crippen molar-refractivity contribution in [2.24, 2.45) is 16.7 Å². The Morgan fingerprint density at radius 2 is 1.59 bits per heavy atom. The van der Waals surface area contributed by atoms with Gasteiger partial charge in [-0.2, -0.15) is 0 Å². The van der Waals surface area contributed by atoms with Crippen LogP contribution in [-0.2, 0) is 20.9 Å². The number of terminal acetylenes is 1. The van der Waals surface area contributed by atoms with E-state index < -0.39 is 23.6 Å². The first-order chi connectivity index (χ1) is 35.1. The van der Waals surface area contributed by atoms with Crippen molar-refractivity contribution in [3.05, 3.63) is 72.1 Å². The van der Waals surface area contributed by atoms with Crippen LogP contribution in [-0.4, -0.2) is 155 Å². The molecular weight excluding hydrogens is 925 g/mol. The summed E-state index contributed by atoms with van der Waals surface area (Å²) in [5, 5.41) is 39.5. The maximum atomic E-state index is 14.3. The zero-order chi connectivity index (χ0) is 51.4. The van der Waals surface area contributed by atoms with E-state index in [-0.39, 0.29) is 54.3 Å². The van der Waals surface area contributed by atoms with Crippen LogP contribution in [0, 0.1) is 29.1 Å². The summed E-state index contributed by atoms with van der Waals surface area (Å²) in [5.41, 5.74) is 4.29. The molecule has 0 radical (unpaired) electrons. The summed E-state index contributed by atoms with van der Waals surface area (Å²) >= 11 is 0. The molecule has 18 heteroatoms. The summed E-state index contributed by atoms with van der Waals surface area (Å²) in [5.74, 6) is 3.71. The third kappa shape index (κ3) is 11.3. The molecule has 9 rings (SSSR count). The lowest BCUT2D eigenvalue weighted by atomic mass is 9.56. The van der Waals surface area contributed by atoms with Crippen molar-refractivity contribution in [1.29, 1.82) is 0 Å². The Kier molecular flexibility index (Phi) is 15.3. The molecule has 2 aromatic carbocycles. The summed E-state index contributed by atoms with van der Waals surface area (Å²) in [7, 11) is 1.54. The lowest BCUT2D eigenvalue weighted by molar-refractivity contribution is -0.145. The maximum absolute atomic E-state index is 14.3. The predicted octanol–water partition coefficient (Wildman–Crippen LogP) is 4.66. The second kappa shape index (κ2) is 21.8. The molecule has 0 unspecified atom stereocenters. The van der Waals surface area contributed by atoms with Crippen LogP contribution in [0.4, 0.5) is 23.1 Å². The van der Waals surface area contributed by atoms with Gasteiger partial charge >= 0.3 is 0 Å². The Labute approximate surface area is 429 Å². The number of nitrogens with one attached hydrogen (secondary N) is 3. The number of piperazine rings is 2. The van der Waals surface area contributed by atoms with Crippen molar-refractivity contribution in [2.45, 2.75) is 103 Å². The molecule has 73 heavy (non-hydrogen) atoms. The summed E-state index contributed by atoms with van der Waals surface area (Å²) in [6, 6.07) is 13.3. The molecule has 3 amide bonds. The van der Waals surface area contributed by atoms with Gasteiger partial charge in [0.2, 0.25) is 23.7 Å². The topological polar surface area (TPSA) is 205 Å². The molecular formula is C55H72N12O6. The van der Waals surface area contributed by atoms with Gasteiger partial charge in [0.15, 0.2) is 5.82 Å². The molecule has 3 aliphatic heterocycles. The molecule has 5 N–H and O–H groups in total. The van der Waals surface area contributed by atoms with Gasteiger partial charge in [-0.3, -0.25) is 19.3 Å². The van der Waals surface area contributed by atoms with Crippen LogP contribution in [0.5, 0.6) is 11.5 Å². The predicted molar refractivity (Wildman–Crippen MR) is 281 cm³/mol. The zero-order valence-electron chi connectivity index (χ0n) is 43.0. The molecule has 388 valence electrons. The highest BCUT2D eigenvalue weighted by molar-refractivity contribution is 5.93. The minimum absolute atomic E-state index is 0.0139. The molecule has 5 aliphatic rings. The number of likely N-dealkylation sites (tertiary alicyclic amines) is 1. The number of nitrogens with zero attached hydrogens (tertiary/aromatic N) is 9. The molecule has 1 spiro atoms. The van der Waals surface area contributed by atoms with Gasteiger partial charge < -0.3 is 50.5 Å². The van der Waals surface area contributed by atoms with E-state index in [2.05, 4.69) is 51.7 Å². The van der Waals surface area contributed by atoms with Gasteiger partial charge in [0, 0.05) is 107 Å². The lowest BCUT2D eigenvalue weighted by Gasteiger charge is -2.56. The van der Waals surface area contributed by atoms with E-state index in [1.807, 2.05) is 58.3 Å². The smallest absolute Gasteiger partial charge is 0.246 e. The maximum Gasteiger partial charge on any atom is 0.246 e. The molecule has 2 saturated carbocycles. The van der Waals surface area contributed by atoms with E-state index in [1.54, 1.807) is 30.3 Å². The highest BCUT2D eigenvalue weighted by Crippen LogP contribution is 2.54. The van der Waals surface area contributed by atoms with Gasteiger partial charge in [0.1, 0.15) is 23.6 Å². The standard InChI is InChI=1S/C55H72N12O6/c1-7-36-13-14-38(47(27-36)73-6)32-57-51(71)45-28-41(68)35-67(45)52(72)48(54(3,4)5)60-50(70)37-15-17-55(18-16-37)30-39(31-55)63-19-21-64(22-20-63)40-33-58-53(59-34-40)66-25-23-65(24-26-66)44-29-43(61-62-49(44)56-8-2)42-11-9-10-12-46(42)69/h1,9-14,27,29,33-34,37,39,41,45,48,68-69H,8,15-26,28,30-32,35H2,2-6H3,(H,56,62)(H,57,71)(H,60,70)/t37?,39?,41-,45+,48-,55?/m1/s1. The van der Waals surface area contributed by atoms with Crippen molar-refractivity contribution < 1.29 is 29.3 Å². The fourth-order valence-corrected chi connectivity index (χ4v) is 11.6. The van der Waals surface area contributed by atoms with E-state index in [4.69, 9.17) is 21.1 Å². The number of ether oxygens (including phenoxy) is 1. The second-order valence-corrected chi connectivity index (χ2v) is 21.7. The number of aromatic hydroxyl groups is 1. The van der Waals surface area contributed by atoms with Crippen molar-refractivity contribution in [3.63, 3.8) is 0 Å². The van der Waals surface area contributed by atoms with Crippen LogP contribution in [0.1, 0.15) is 83.8 Å². The third-order valence-electron chi connectivity index (χ3n) is 15.9. The number of carbonyl (C=O) groups excluding carboxylic acids is 3. The van der Waals surface area contributed by atoms with E-state index in [1.165, 1.54) is 12.0 Å². The number of para-hydroxylation sites is 1. The summed E-state index contributed by atoms with van der Waals surface area (Å²) in [6.07, 6.45) is 14.5. The van der Waals surface area contributed by atoms with Gasteiger partial charge in [-0.15, -0.1) is 16.6 Å². The van der Waals surface area contributed by atoms with Crippen LogP contribution in [0.25, 0.3) is 11.3 Å². The first-order valence-corrected chi connectivity index (χ1v) is 26.1. The number of carbonyl (C=O) groups is 3. The normalized spacial score (nSPS) is 23.8. The highest BCUT2D eigenvalue weighted by Gasteiger charge is 2.50. The Hall–Kier alpha value is -6.71. The number of phenols is 1. The van der Waals surface area contributed by atoms with E-state index >= 15 is 0 Å². The molecule has 2 aromatic heterocycles. The number of phenolic OH excluding ortho intramolecular Hbond substituents is 1. The van der Waals surface area contributed by atoms with Crippen LogP contribution in [0.3, 0.4) is 0 Å². The number of benzene rings is 2. The van der Waals surface area contributed by atoms with Gasteiger partial charge in [-0.05, 0) is 86.6 Å². The first kappa shape index (κ1) is 51.2. The Bertz CT molecular complexity index is 2640.